The summed E-state index contributed by atoms with van der Waals surface area (Å²) in [5.41, 5.74) is 4.03. The molecule has 0 atom stereocenters. The minimum Gasteiger partial charge on any atom is -0.497 e. The lowest BCUT2D eigenvalue weighted by Crippen LogP contribution is -2.32. The molecule has 0 fully saturated rings. The summed E-state index contributed by atoms with van der Waals surface area (Å²) in [6, 6.07) is 22.8. The van der Waals surface area contributed by atoms with Gasteiger partial charge >= 0.3 is 6.09 Å². The van der Waals surface area contributed by atoms with Crippen LogP contribution in [-0.4, -0.2) is 36.2 Å². The highest BCUT2D eigenvalue weighted by molar-refractivity contribution is 5.70. The average Bonchev–Trinajstić information content (AvgIpc) is 3.29. The first-order valence-corrected chi connectivity index (χ1v) is 12.3. The monoisotopic (exact) mass is 500 g/mol. The molecule has 4 rings (SSSR count). The van der Waals surface area contributed by atoms with Crippen molar-refractivity contribution in [1.29, 1.82) is 0 Å². The predicted octanol–water partition coefficient (Wildman–Crippen LogP) is 6.61. The Balaban J connectivity index is 1.28. The minimum absolute atomic E-state index is 0.402. The molecule has 7 heteroatoms. The Bertz CT molecular complexity index is 1300. The summed E-state index contributed by atoms with van der Waals surface area (Å²) >= 11 is 0. The topological polar surface area (TPSA) is 74.0 Å². The van der Waals surface area contributed by atoms with E-state index in [2.05, 4.69) is 11.9 Å². The van der Waals surface area contributed by atoms with Crippen LogP contribution in [0.4, 0.5) is 4.79 Å². The summed E-state index contributed by atoms with van der Waals surface area (Å²) in [6.07, 6.45) is 0.241. The molecule has 7 nitrogen and oxygen atoms in total. The van der Waals surface area contributed by atoms with Crippen LogP contribution in [0.25, 0.3) is 11.5 Å². The van der Waals surface area contributed by atoms with E-state index in [-0.39, 0.29) is 0 Å². The van der Waals surface area contributed by atoms with Crippen molar-refractivity contribution in [1.82, 2.24) is 9.88 Å². The Hall–Kier alpha value is -4.26. The van der Waals surface area contributed by atoms with Crippen molar-refractivity contribution >= 4 is 6.09 Å². The van der Waals surface area contributed by atoms with Crippen molar-refractivity contribution in [2.45, 2.75) is 33.7 Å². The highest BCUT2D eigenvalue weighted by Gasteiger charge is 2.15. The van der Waals surface area contributed by atoms with E-state index in [1.54, 1.807) is 36.3 Å². The zero-order valence-corrected chi connectivity index (χ0v) is 21.7. The van der Waals surface area contributed by atoms with Crippen LogP contribution in [0.1, 0.15) is 29.5 Å². The van der Waals surface area contributed by atoms with Gasteiger partial charge in [-0.15, -0.1) is 0 Å². The number of benzene rings is 3. The number of methoxy groups -OCH3 is 1. The van der Waals surface area contributed by atoms with E-state index in [1.165, 1.54) is 5.56 Å². The molecule has 4 aromatic rings. The van der Waals surface area contributed by atoms with Crippen molar-refractivity contribution in [3.05, 3.63) is 95.4 Å². The van der Waals surface area contributed by atoms with Crippen molar-refractivity contribution in [2.75, 3.05) is 20.3 Å². The maximum Gasteiger partial charge on any atom is 0.415 e. The van der Waals surface area contributed by atoms with Crippen LogP contribution in [0.2, 0.25) is 0 Å². The minimum atomic E-state index is -0.402. The lowest BCUT2D eigenvalue weighted by molar-refractivity contribution is 0.152. The van der Waals surface area contributed by atoms with Crippen LogP contribution in [-0.2, 0) is 13.0 Å². The summed E-state index contributed by atoms with van der Waals surface area (Å²) in [5.74, 6) is 3.37. The van der Waals surface area contributed by atoms with Gasteiger partial charge in [0.25, 0.3) is 0 Å². The van der Waals surface area contributed by atoms with Gasteiger partial charge in [0, 0.05) is 25.1 Å². The molecule has 0 aliphatic rings. The fourth-order valence-corrected chi connectivity index (χ4v) is 3.77. The Labute approximate surface area is 217 Å². The quantitative estimate of drug-likeness (QED) is 0.244. The molecule has 0 radical (unpaired) electrons. The van der Waals surface area contributed by atoms with Gasteiger partial charge in [0.1, 0.15) is 23.0 Å². The molecule has 0 aliphatic carbocycles. The Kier molecular flexibility index (Phi) is 8.46. The Morgan fingerprint density at radius 3 is 2.19 bits per heavy atom. The summed E-state index contributed by atoms with van der Waals surface area (Å²) in [6.45, 7) is 7.34. The lowest BCUT2D eigenvalue weighted by Gasteiger charge is -2.20. The summed E-state index contributed by atoms with van der Waals surface area (Å²) in [7, 11) is 1.59. The third kappa shape index (κ3) is 6.91. The first kappa shape index (κ1) is 25.8. The molecule has 0 N–H and O–H groups in total. The molecule has 0 saturated heterocycles. The standard InChI is InChI=1S/C30H32N2O5/c1-5-32(30(33)37-27-16-14-25(34-4)15-17-27)20-23-8-12-26(13-9-23)35-19-18-28-22(3)36-29(31-28)24-10-6-21(2)7-11-24/h6-17H,5,18-20H2,1-4H3. The number of nitrogens with zero attached hydrogens (tertiary/aromatic N) is 2. The van der Waals surface area contributed by atoms with Crippen molar-refractivity contribution in [3.8, 4) is 28.7 Å². The van der Waals surface area contributed by atoms with Gasteiger partial charge in [0.2, 0.25) is 5.89 Å². The zero-order valence-electron chi connectivity index (χ0n) is 21.7. The van der Waals surface area contributed by atoms with E-state index < -0.39 is 6.09 Å². The number of aryl methyl sites for hydroxylation is 2. The van der Waals surface area contributed by atoms with Gasteiger partial charge in [-0.2, -0.15) is 0 Å². The lowest BCUT2D eigenvalue weighted by atomic mass is 10.1. The maximum atomic E-state index is 12.6. The van der Waals surface area contributed by atoms with Crippen LogP contribution >= 0.6 is 0 Å². The van der Waals surface area contributed by atoms with E-state index in [0.29, 0.717) is 43.5 Å². The molecule has 0 unspecified atom stereocenters. The first-order chi connectivity index (χ1) is 17.9. The van der Waals surface area contributed by atoms with Gasteiger partial charge in [-0.3, -0.25) is 0 Å². The summed E-state index contributed by atoms with van der Waals surface area (Å²) in [4.78, 5) is 18.9. The zero-order chi connectivity index (χ0) is 26.2. The van der Waals surface area contributed by atoms with Gasteiger partial charge in [-0.1, -0.05) is 29.8 Å². The summed E-state index contributed by atoms with van der Waals surface area (Å²) in [5, 5.41) is 0. The maximum absolute atomic E-state index is 12.6. The van der Waals surface area contributed by atoms with E-state index in [4.69, 9.17) is 18.6 Å². The second-order valence-electron chi connectivity index (χ2n) is 8.69. The second kappa shape index (κ2) is 12.1. The number of aromatic nitrogens is 1. The average molecular weight is 501 g/mol. The number of oxazole rings is 1. The molecule has 0 spiro atoms. The molecule has 3 aromatic carbocycles. The highest BCUT2D eigenvalue weighted by Crippen LogP contribution is 2.23. The molecule has 192 valence electrons. The van der Waals surface area contributed by atoms with Crippen LogP contribution in [0.5, 0.6) is 17.2 Å². The van der Waals surface area contributed by atoms with Gasteiger partial charge in [-0.05, 0) is 74.9 Å². The fraction of sp³-hybridized carbons (Fsp3) is 0.267. The Morgan fingerprint density at radius 2 is 1.54 bits per heavy atom. The molecule has 0 aliphatic heterocycles. The number of ether oxygens (including phenoxy) is 3. The Morgan fingerprint density at radius 1 is 0.892 bits per heavy atom. The highest BCUT2D eigenvalue weighted by atomic mass is 16.6. The van der Waals surface area contributed by atoms with E-state index in [1.807, 2.05) is 62.4 Å². The third-order valence-corrected chi connectivity index (χ3v) is 6.00. The van der Waals surface area contributed by atoms with Crippen molar-refractivity contribution in [2.24, 2.45) is 0 Å². The third-order valence-electron chi connectivity index (χ3n) is 6.00. The van der Waals surface area contributed by atoms with Crippen molar-refractivity contribution < 1.29 is 23.4 Å². The largest absolute Gasteiger partial charge is 0.497 e. The summed E-state index contributed by atoms with van der Waals surface area (Å²) < 4.78 is 22.4. The second-order valence-corrected chi connectivity index (χ2v) is 8.69. The molecule has 0 saturated carbocycles. The molecule has 0 bridgehead atoms. The molecular formula is C30H32N2O5. The number of carbonyl (C=O) groups is 1. The molecule has 1 aromatic heterocycles. The number of rotatable bonds is 10. The van der Waals surface area contributed by atoms with E-state index in [9.17, 15) is 4.79 Å². The molecule has 37 heavy (non-hydrogen) atoms. The van der Waals surface area contributed by atoms with E-state index >= 15 is 0 Å². The van der Waals surface area contributed by atoms with Crippen LogP contribution in [0.3, 0.4) is 0 Å². The first-order valence-electron chi connectivity index (χ1n) is 12.3. The van der Waals surface area contributed by atoms with Gasteiger partial charge in [0.05, 0.1) is 19.4 Å². The normalized spacial score (nSPS) is 10.7. The SMILES string of the molecule is CCN(Cc1ccc(OCCc2nc(-c3ccc(C)cc3)oc2C)cc1)C(=O)Oc1ccc(OC)cc1. The van der Waals surface area contributed by atoms with E-state index in [0.717, 1.165) is 28.3 Å². The fourth-order valence-electron chi connectivity index (χ4n) is 3.77. The number of amides is 1. The number of carbonyl (C=O) groups excluding carboxylic acids is 1. The van der Waals surface area contributed by atoms with Crippen LogP contribution in [0.15, 0.2) is 77.2 Å². The van der Waals surface area contributed by atoms with Crippen LogP contribution in [0, 0.1) is 13.8 Å². The van der Waals surface area contributed by atoms with Crippen molar-refractivity contribution in [3.63, 3.8) is 0 Å². The predicted molar refractivity (Wildman–Crippen MR) is 142 cm³/mol. The molecule has 1 heterocycles. The smallest absolute Gasteiger partial charge is 0.415 e. The van der Waals surface area contributed by atoms with Crippen LogP contribution < -0.4 is 14.2 Å². The van der Waals surface area contributed by atoms with Gasteiger partial charge < -0.3 is 23.5 Å². The molecular weight excluding hydrogens is 468 g/mol. The van der Waals surface area contributed by atoms with Gasteiger partial charge in [0.15, 0.2) is 0 Å². The van der Waals surface area contributed by atoms with Gasteiger partial charge in [-0.25, -0.2) is 9.78 Å². The number of hydrogen-bond donors (Lipinski definition) is 0. The number of hydrogen-bond acceptors (Lipinski definition) is 6. The molecule has 1 amide bonds.